The number of urea groups is 1. The molecule has 4 nitrogen and oxygen atoms in total. The van der Waals surface area contributed by atoms with Crippen LogP contribution in [0.5, 0.6) is 0 Å². The average molecular weight is 245 g/mol. The second kappa shape index (κ2) is 3.99. The number of benzene rings is 1. The van der Waals surface area contributed by atoms with Gasteiger partial charge in [-0.1, -0.05) is 17.7 Å². The lowest BCUT2D eigenvalue weighted by Crippen LogP contribution is -2.48. The Labute approximate surface area is 107 Å². The maximum absolute atomic E-state index is 11.7. The fourth-order valence-corrected chi connectivity index (χ4v) is 3.37. The minimum absolute atomic E-state index is 0.246. The SMILES string of the molecule is Cc1ccc2c(c1)[C@H]1CN(C)CC[C@H]1N2C(N)=O. The van der Waals surface area contributed by atoms with Crippen LogP contribution in [0.2, 0.25) is 0 Å². The van der Waals surface area contributed by atoms with Crippen molar-refractivity contribution in [3.8, 4) is 0 Å². The second-order valence-electron chi connectivity index (χ2n) is 5.50. The zero-order valence-electron chi connectivity index (χ0n) is 10.9. The Morgan fingerprint density at radius 2 is 2.22 bits per heavy atom. The molecule has 2 amide bonds. The number of carbonyl (C=O) groups excluding carboxylic acids is 1. The highest BCUT2D eigenvalue weighted by Gasteiger charge is 2.43. The molecule has 0 aliphatic carbocycles. The van der Waals surface area contributed by atoms with Gasteiger partial charge in [0, 0.05) is 24.2 Å². The number of primary amides is 1. The van der Waals surface area contributed by atoms with E-state index in [1.807, 2.05) is 6.07 Å². The third-order valence-corrected chi connectivity index (χ3v) is 4.19. The highest BCUT2D eigenvalue weighted by atomic mass is 16.2. The Hall–Kier alpha value is -1.55. The van der Waals surface area contributed by atoms with E-state index in [0.29, 0.717) is 5.92 Å². The summed E-state index contributed by atoms with van der Waals surface area (Å²) in [5, 5.41) is 0. The van der Waals surface area contributed by atoms with Crippen LogP contribution in [-0.4, -0.2) is 37.1 Å². The number of nitrogens with zero attached hydrogens (tertiary/aromatic N) is 2. The number of aryl methyl sites for hydroxylation is 1. The van der Waals surface area contributed by atoms with Crippen molar-refractivity contribution >= 4 is 11.7 Å². The topological polar surface area (TPSA) is 49.6 Å². The number of carbonyl (C=O) groups is 1. The van der Waals surface area contributed by atoms with E-state index in [2.05, 4.69) is 31.0 Å². The number of nitrogens with two attached hydrogens (primary N) is 1. The molecular weight excluding hydrogens is 226 g/mol. The van der Waals surface area contributed by atoms with E-state index in [1.165, 1.54) is 11.1 Å². The Bertz CT molecular complexity index is 500. The summed E-state index contributed by atoms with van der Waals surface area (Å²) in [4.78, 5) is 15.8. The first kappa shape index (κ1) is 11.5. The molecule has 0 aromatic heterocycles. The highest BCUT2D eigenvalue weighted by molar-refractivity contribution is 5.94. The Kier molecular flexibility index (Phi) is 2.55. The quantitative estimate of drug-likeness (QED) is 0.756. The van der Waals surface area contributed by atoms with Gasteiger partial charge in [-0.25, -0.2) is 4.79 Å². The van der Waals surface area contributed by atoms with E-state index in [0.717, 1.165) is 25.2 Å². The summed E-state index contributed by atoms with van der Waals surface area (Å²) >= 11 is 0. The summed E-state index contributed by atoms with van der Waals surface area (Å²) in [5.74, 6) is 0.408. The van der Waals surface area contributed by atoms with Gasteiger partial charge < -0.3 is 10.6 Å². The molecule has 2 aliphatic rings. The number of rotatable bonds is 0. The zero-order valence-corrected chi connectivity index (χ0v) is 10.9. The molecule has 2 aliphatic heterocycles. The summed E-state index contributed by atoms with van der Waals surface area (Å²) in [6.07, 6.45) is 0.998. The van der Waals surface area contributed by atoms with Gasteiger partial charge in [-0.05, 0) is 38.6 Å². The van der Waals surface area contributed by atoms with Gasteiger partial charge in [-0.2, -0.15) is 0 Å². The third-order valence-electron chi connectivity index (χ3n) is 4.19. The van der Waals surface area contributed by atoms with Gasteiger partial charge >= 0.3 is 6.03 Å². The maximum Gasteiger partial charge on any atom is 0.319 e. The molecule has 0 saturated carbocycles. The second-order valence-corrected chi connectivity index (χ2v) is 5.50. The fraction of sp³-hybridized carbons (Fsp3) is 0.500. The van der Waals surface area contributed by atoms with Crippen molar-refractivity contribution in [3.63, 3.8) is 0 Å². The summed E-state index contributed by atoms with van der Waals surface area (Å²) in [5.41, 5.74) is 9.10. The predicted octanol–water partition coefficient (Wildman–Crippen LogP) is 1.68. The smallest absolute Gasteiger partial charge is 0.319 e. The molecule has 1 aromatic carbocycles. The van der Waals surface area contributed by atoms with Crippen LogP contribution < -0.4 is 10.6 Å². The molecule has 2 N–H and O–H groups in total. The Morgan fingerprint density at radius 1 is 1.44 bits per heavy atom. The normalized spacial score (nSPS) is 26.9. The molecule has 0 spiro atoms. The number of hydrogen-bond donors (Lipinski definition) is 1. The molecule has 1 aromatic rings. The molecule has 3 rings (SSSR count). The van der Waals surface area contributed by atoms with Crippen LogP contribution in [0, 0.1) is 6.92 Å². The van der Waals surface area contributed by atoms with Gasteiger partial charge in [0.2, 0.25) is 0 Å². The molecule has 4 heteroatoms. The first-order valence-electron chi connectivity index (χ1n) is 6.45. The van der Waals surface area contributed by atoms with E-state index in [9.17, 15) is 4.79 Å². The molecule has 2 atom stereocenters. The van der Waals surface area contributed by atoms with Crippen molar-refractivity contribution < 1.29 is 4.79 Å². The number of hydrogen-bond acceptors (Lipinski definition) is 2. The lowest BCUT2D eigenvalue weighted by atomic mass is 9.89. The molecule has 2 heterocycles. The van der Waals surface area contributed by atoms with E-state index in [1.54, 1.807) is 4.90 Å². The van der Waals surface area contributed by atoms with Crippen molar-refractivity contribution in [2.45, 2.75) is 25.3 Å². The molecule has 0 radical (unpaired) electrons. The molecule has 18 heavy (non-hydrogen) atoms. The minimum atomic E-state index is -0.322. The van der Waals surface area contributed by atoms with Crippen LogP contribution in [0.15, 0.2) is 18.2 Å². The van der Waals surface area contributed by atoms with Gasteiger partial charge in [-0.15, -0.1) is 0 Å². The van der Waals surface area contributed by atoms with Gasteiger partial charge in [0.1, 0.15) is 0 Å². The van der Waals surface area contributed by atoms with E-state index in [-0.39, 0.29) is 12.1 Å². The number of likely N-dealkylation sites (N-methyl/N-ethyl adjacent to an activating group) is 1. The Balaban J connectivity index is 2.09. The standard InChI is InChI=1S/C14H19N3O/c1-9-3-4-12-10(7-9)11-8-16(2)6-5-13(11)17(12)14(15)18/h3-4,7,11,13H,5-6,8H2,1-2H3,(H2,15,18)/t11-,13-/m1/s1. The first-order chi connectivity index (χ1) is 8.58. The zero-order chi connectivity index (χ0) is 12.9. The molecule has 0 unspecified atom stereocenters. The van der Waals surface area contributed by atoms with Crippen LogP contribution in [-0.2, 0) is 0 Å². The molecular formula is C14H19N3O. The predicted molar refractivity (Wildman–Crippen MR) is 71.9 cm³/mol. The molecule has 1 saturated heterocycles. The molecule has 1 fully saturated rings. The fourth-order valence-electron chi connectivity index (χ4n) is 3.37. The number of amides is 2. The van der Waals surface area contributed by atoms with Crippen LogP contribution >= 0.6 is 0 Å². The largest absolute Gasteiger partial charge is 0.351 e. The van der Waals surface area contributed by atoms with Crippen LogP contribution in [0.4, 0.5) is 10.5 Å². The monoisotopic (exact) mass is 245 g/mol. The maximum atomic E-state index is 11.7. The van der Waals surface area contributed by atoms with E-state index >= 15 is 0 Å². The van der Waals surface area contributed by atoms with E-state index < -0.39 is 0 Å². The highest BCUT2D eigenvalue weighted by Crippen LogP contribution is 2.44. The van der Waals surface area contributed by atoms with Crippen molar-refractivity contribution in [2.24, 2.45) is 5.73 Å². The summed E-state index contributed by atoms with van der Waals surface area (Å²) in [6.45, 7) is 4.12. The summed E-state index contributed by atoms with van der Waals surface area (Å²) in [7, 11) is 2.14. The van der Waals surface area contributed by atoms with Crippen molar-refractivity contribution in [1.82, 2.24) is 4.90 Å². The van der Waals surface area contributed by atoms with Crippen LogP contribution in [0.25, 0.3) is 0 Å². The number of likely N-dealkylation sites (tertiary alicyclic amines) is 1. The van der Waals surface area contributed by atoms with Crippen LogP contribution in [0.3, 0.4) is 0 Å². The Morgan fingerprint density at radius 3 is 2.94 bits per heavy atom. The van der Waals surface area contributed by atoms with Crippen molar-refractivity contribution in [2.75, 3.05) is 25.0 Å². The summed E-state index contributed by atoms with van der Waals surface area (Å²) < 4.78 is 0. The molecule has 0 bridgehead atoms. The van der Waals surface area contributed by atoms with Crippen molar-refractivity contribution in [1.29, 1.82) is 0 Å². The average Bonchev–Trinajstić information content (AvgIpc) is 2.62. The lowest BCUT2D eigenvalue weighted by molar-refractivity contribution is 0.223. The van der Waals surface area contributed by atoms with E-state index in [4.69, 9.17) is 5.73 Å². The van der Waals surface area contributed by atoms with Gasteiger partial charge in [-0.3, -0.25) is 4.90 Å². The number of piperidine rings is 1. The van der Waals surface area contributed by atoms with Gasteiger partial charge in [0.25, 0.3) is 0 Å². The van der Waals surface area contributed by atoms with Gasteiger partial charge in [0.15, 0.2) is 0 Å². The number of anilines is 1. The third kappa shape index (κ3) is 1.60. The number of fused-ring (bicyclic) bond motifs is 3. The first-order valence-corrected chi connectivity index (χ1v) is 6.45. The summed E-state index contributed by atoms with van der Waals surface area (Å²) in [6, 6.07) is 6.21. The van der Waals surface area contributed by atoms with Gasteiger partial charge in [0.05, 0.1) is 0 Å². The lowest BCUT2D eigenvalue weighted by Gasteiger charge is -2.35. The van der Waals surface area contributed by atoms with Crippen molar-refractivity contribution in [3.05, 3.63) is 29.3 Å². The molecule has 96 valence electrons. The minimum Gasteiger partial charge on any atom is -0.351 e. The van der Waals surface area contributed by atoms with Crippen LogP contribution in [0.1, 0.15) is 23.5 Å².